The van der Waals surface area contributed by atoms with E-state index in [0.717, 1.165) is 42.7 Å². The number of aryl methyl sites for hydroxylation is 1. The van der Waals surface area contributed by atoms with Crippen LogP contribution in [-0.4, -0.2) is 56.3 Å². The van der Waals surface area contributed by atoms with Gasteiger partial charge in [0.15, 0.2) is 9.84 Å². The van der Waals surface area contributed by atoms with Crippen molar-refractivity contribution in [2.24, 2.45) is 0 Å². The molecule has 2 amide bonds. The van der Waals surface area contributed by atoms with E-state index in [-0.39, 0.29) is 16.7 Å². The number of benzene rings is 2. The summed E-state index contributed by atoms with van der Waals surface area (Å²) in [6.07, 6.45) is 3.14. The van der Waals surface area contributed by atoms with Gasteiger partial charge in [-0.25, -0.2) is 12.8 Å². The first-order valence-electron chi connectivity index (χ1n) is 13.1. The summed E-state index contributed by atoms with van der Waals surface area (Å²) in [5.74, 6) is -0.991. The molecule has 0 spiro atoms. The monoisotopic (exact) mass is 564 g/mol. The van der Waals surface area contributed by atoms with E-state index in [4.69, 9.17) is 0 Å². The Morgan fingerprint density at radius 3 is 2.45 bits per heavy atom. The average molecular weight is 565 g/mol. The topological polar surface area (TPSA) is 111 Å². The molecule has 0 unspecified atom stereocenters. The van der Waals surface area contributed by atoms with Gasteiger partial charge in [-0.15, -0.1) is 0 Å². The molecule has 0 atom stereocenters. The number of hydrogen-bond acceptors (Lipinski definition) is 5. The van der Waals surface area contributed by atoms with Crippen LogP contribution in [0.4, 0.5) is 10.1 Å². The van der Waals surface area contributed by atoms with Crippen LogP contribution in [0, 0.1) is 19.7 Å². The molecule has 1 aliphatic rings. The van der Waals surface area contributed by atoms with Crippen LogP contribution in [0.5, 0.6) is 0 Å². The van der Waals surface area contributed by atoms with Gasteiger partial charge >= 0.3 is 0 Å². The predicted molar refractivity (Wildman–Crippen MR) is 156 cm³/mol. The molecule has 4 rings (SSSR count). The van der Waals surface area contributed by atoms with Crippen molar-refractivity contribution < 1.29 is 22.4 Å². The molecule has 8 nitrogen and oxygen atoms in total. The van der Waals surface area contributed by atoms with Gasteiger partial charge in [0, 0.05) is 41.1 Å². The van der Waals surface area contributed by atoms with Gasteiger partial charge in [-0.2, -0.15) is 0 Å². The molecule has 40 heavy (non-hydrogen) atoms. The van der Waals surface area contributed by atoms with Gasteiger partial charge in [0.2, 0.25) is 0 Å². The van der Waals surface area contributed by atoms with Gasteiger partial charge in [-0.1, -0.05) is 19.9 Å². The number of carbonyl (C=O) groups is 2. The van der Waals surface area contributed by atoms with Gasteiger partial charge in [0.25, 0.3) is 11.8 Å². The smallest absolute Gasteiger partial charge is 0.256 e. The van der Waals surface area contributed by atoms with Gasteiger partial charge in [-0.05, 0) is 86.6 Å². The Balaban J connectivity index is 1.58. The molecule has 1 aliphatic heterocycles. The highest BCUT2D eigenvalue weighted by atomic mass is 32.2. The number of aromatic amines is 1. The van der Waals surface area contributed by atoms with E-state index in [1.807, 2.05) is 13.8 Å². The fraction of sp³-hybridized carbons (Fsp3) is 0.267. The highest BCUT2D eigenvalue weighted by Crippen LogP contribution is 2.35. The summed E-state index contributed by atoms with van der Waals surface area (Å²) in [4.78, 5) is 31.2. The molecule has 0 saturated heterocycles. The maximum absolute atomic E-state index is 13.2. The summed E-state index contributed by atoms with van der Waals surface area (Å²) in [6, 6.07) is 9.74. The van der Waals surface area contributed by atoms with E-state index in [1.54, 1.807) is 24.3 Å². The second kappa shape index (κ2) is 12.0. The highest BCUT2D eigenvalue weighted by molar-refractivity contribution is 7.94. The van der Waals surface area contributed by atoms with E-state index in [2.05, 4.69) is 34.4 Å². The van der Waals surface area contributed by atoms with Crippen LogP contribution >= 0.6 is 0 Å². The molecule has 3 N–H and O–H groups in total. The van der Waals surface area contributed by atoms with Crippen LogP contribution < -0.4 is 10.6 Å². The lowest BCUT2D eigenvalue weighted by molar-refractivity contribution is -0.110. The van der Waals surface area contributed by atoms with E-state index >= 15 is 0 Å². The molecule has 0 aliphatic carbocycles. The Bertz CT molecular complexity index is 1600. The van der Waals surface area contributed by atoms with Crippen LogP contribution in [0.2, 0.25) is 0 Å². The van der Waals surface area contributed by atoms with Crippen LogP contribution in [0.25, 0.3) is 17.7 Å². The number of hydrogen-bond donors (Lipinski definition) is 3. The first-order valence-corrected chi connectivity index (χ1v) is 14.6. The molecule has 10 heteroatoms. The molecule has 1 aromatic heterocycles. The van der Waals surface area contributed by atoms with Crippen molar-refractivity contribution in [2.75, 3.05) is 31.5 Å². The molecule has 210 valence electrons. The predicted octanol–water partition coefficient (Wildman–Crippen LogP) is 4.78. The second-order valence-electron chi connectivity index (χ2n) is 9.57. The maximum Gasteiger partial charge on any atom is 0.256 e. The molecule has 0 saturated carbocycles. The number of amides is 2. The Kier molecular flexibility index (Phi) is 8.70. The molecular weight excluding hydrogens is 531 g/mol. The van der Waals surface area contributed by atoms with Crippen molar-refractivity contribution in [3.05, 3.63) is 87.3 Å². The summed E-state index contributed by atoms with van der Waals surface area (Å²) in [7, 11) is -3.78. The Morgan fingerprint density at radius 2 is 1.77 bits per heavy atom. The summed E-state index contributed by atoms with van der Waals surface area (Å²) >= 11 is 0. The molecule has 3 aromatic rings. The van der Waals surface area contributed by atoms with Crippen LogP contribution in [-0.2, 0) is 14.6 Å². The summed E-state index contributed by atoms with van der Waals surface area (Å²) in [5, 5.41) is 6.87. The normalized spacial score (nSPS) is 14.2. The number of aromatic nitrogens is 1. The minimum absolute atomic E-state index is 0.0192. The third-order valence-corrected chi connectivity index (χ3v) is 8.43. The summed E-state index contributed by atoms with van der Waals surface area (Å²) in [6.45, 7) is 10.9. The number of nitrogens with one attached hydrogen (secondary N) is 3. The van der Waals surface area contributed by atoms with Crippen molar-refractivity contribution >= 4 is 45.1 Å². The Morgan fingerprint density at radius 1 is 1.07 bits per heavy atom. The standard InChI is InChI=1S/C30H33FN4O4S/c1-5-35(6-2)15-14-32-30(37)28-19(3)27(33-20(28)4)18-25-24-17-21(7-12-26(24)34-29(25)36)13-16-40(38,39)23-10-8-22(31)9-11-23/h7-13,16-18,33H,5-6,14-15H2,1-4H3,(H,32,37)(H,34,36)/b16-13+,25-18-. The van der Waals surface area contributed by atoms with Crippen molar-refractivity contribution in [3.8, 4) is 0 Å². The lowest BCUT2D eigenvalue weighted by atomic mass is 10.0. The zero-order valence-corrected chi connectivity index (χ0v) is 23.8. The van der Waals surface area contributed by atoms with Crippen molar-refractivity contribution in [3.63, 3.8) is 0 Å². The number of H-pyrrole nitrogens is 1. The number of carbonyl (C=O) groups excluding carboxylic acids is 2. The lowest BCUT2D eigenvalue weighted by Gasteiger charge is -2.18. The Hall–Kier alpha value is -4.02. The molecule has 0 fully saturated rings. The number of anilines is 1. The second-order valence-corrected chi connectivity index (χ2v) is 11.4. The van der Waals surface area contributed by atoms with Crippen LogP contribution in [0.15, 0.2) is 52.8 Å². The van der Waals surface area contributed by atoms with E-state index in [0.29, 0.717) is 45.9 Å². The van der Waals surface area contributed by atoms with Crippen molar-refractivity contribution in [2.45, 2.75) is 32.6 Å². The first kappa shape index (κ1) is 29.0. The van der Waals surface area contributed by atoms with Gasteiger partial charge < -0.3 is 20.5 Å². The molecule has 2 aromatic carbocycles. The third kappa shape index (κ3) is 6.24. The van der Waals surface area contributed by atoms with Gasteiger partial charge in [-0.3, -0.25) is 9.59 Å². The minimum Gasteiger partial charge on any atom is -0.358 e. The molecule has 0 bridgehead atoms. The summed E-state index contributed by atoms with van der Waals surface area (Å²) < 4.78 is 38.5. The zero-order valence-electron chi connectivity index (χ0n) is 23.0. The summed E-state index contributed by atoms with van der Waals surface area (Å²) in [5.41, 5.74) is 4.80. The third-order valence-electron chi connectivity index (χ3n) is 7.01. The molecular formula is C30H33FN4O4S. The van der Waals surface area contributed by atoms with Crippen molar-refractivity contribution in [1.82, 2.24) is 15.2 Å². The van der Waals surface area contributed by atoms with E-state index in [1.165, 1.54) is 18.2 Å². The minimum atomic E-state index is -3.78. The molecule has 2 heterocycles. The largest absolute Gasteiger partial charge is 0.358 e. The first-order chi connectivity index (χ1) is 19.0. The fourth-order valence-corrected chi connectivity index (χ4v) is 5.69. The van der Waals surface area contributed by atoms with E-state index in [9.17, 15) is 22.4 Å². The van der Waals surface area contributed by atoms with Crippen LogP contribution in [0.3, 0.4) is 0 Å². The Labute approximate surface area is 233 Å². The highest BCUT2D eigenvalue weighted by Gasteiger charge is 2.26. The average Bonchev–Trinajstić information content (AvgIpc) is 3.39. The number of rotatable bonds is 10. The maximum atomic E-state index is 13.2. The zero-order chi connectivity index (χ0) is 29.0. The number of sulfone groups is 1. The van der Waals surface area contributed by atoms with Crippen LogP contribution in [0.1, 0.15) is 52.3 Å². The number of halogens is 1. The molecule has 0 radical (unpaired) electrons. The van der Waals surface area contributed by atoms with E-state index < -0.39 is 15.7 Å². The van der Waals surface area contributed by atoms with Crippen molar-refractivity contribution in [1.29, 1.82) is 0 Å². The number of nitrogens with zero attached hydrogens (tertiary/aromatic N) is 1. The SMILES string of the molecule is CCN(CC)CCNC(=O)c1c(C)[nH]c(/C=C2\C(=O)Nc3ccc(/C=C/S(=O)(=O)c4ccc(F)cc4)cc32)c1C. The number of likely N-dealkylation sites (N-methyl/N-ethyl adjacent to an activating group) is 1. The van der Waals surface area contributed by atoms with Gasteiger partial charge in [0.1, 0.15) is 5.82 Å². The fourth-order valence-electron chi connectivity index (χ4n) is 4.68. The lowest BCUT2D eigenvalue weighted by Crippen LogP contribution is -2.35. The quantitative estimate of drug-likeness (QED) is 0.243. The number of fused-ring (bicyclic) bond motifs is 1. The van der Waals surface area contributed by atoms with Gasteiger partial charge in [0.05, 0.1) is 16.0 Å².